The van der Waals surface area contributed by atoms with E-state index in [1.165, 1.54) is 122 Å². The van der Waals surface area contributed by atoms with E-state index in [0.29, 0.717) is 12.8 Å². The summed E-state index contributed by atoms with van der Waals surface area (Å²) >= 11 is 0. The molecule has 1 amide bonds. The summed E-state index contributed by atoms with van der Waals surface area (Å²) in [5.41, 5.74) is 0. The molecule has 6 nitrogen and oxygen atoms in total. The maximum absolute atomic E-state index is 12.6. The number of ether oxygens (including phenoxy) is 1. The first kappa shape index (κ1) is 42.4. The van der Waals surface area contributed by atoms with E-state index < -0.39 is 5.97 Å². The zero-order valence-corrected chi connectivity index (χ0v) is 29.3. The van der Waals surface area contributed by atoms with Gasteiger partial charge in [-0.15, -0.1) is 0 Å². The number of carbonyl (C=O) groups excluding carboxylic acids is 2. The van der Waals surface area contributed by atoms with Gasteiger partial charge in [0.1, 0.15) is 12.6 Å². The fourth-order valence-corrected chi connectivity index (χ4v) is 5.93. The van der Waals surface area contributed by atoms with Crippen molar-refractivity contribution in [3.8, 4) is 0 Å². The number of hydrogen-bond donors (Lipinski definition) is 2. The van der Waals surface area contributed by atoms with Gasteiger partial charge in [0.25, 0.3) is 0 Å². The summed E-state index contributed by atoms with van der Waals surface area (Å²) in [4.78, 5) is 34.8. The molecule has 0 aromatic heterocycles. The molecule has 0 aliphatic rings. The Labute approximate surface area is 272 Å². The number of carboxylic acids is 1. The highest BCUT2D eigenvalue weighted by atomic mass is 16.5. The minimum atomic E-state index is -1.01. The Kier molecular flexibility index (Phi) is 33.0. The van der Waals surface area contributed by atoms with E-state index in [2.05, 4.69) is 19.2 Å². The molecule has 6 heteroatoms. The van der Waals surface area contributed by atoms with Crippen molar-refractivity contribution in [3.63, 3.8) is 0 Å². The molecular weight excluding hydrogens is 550 g/mol. The van der Waals surface area contributed by atoms with E-state index in [9.17, 15) is 14.4 Å². The van der Waals surface area contributed by atoms with Crippen LogP contribution in [0.5, 0.6) is 0 Å². The van der Waals surface area contributed by atoms with E-state index in [4.69, 9.17) is 9.84 Å². The van der Waals surface area contributed by atoms with Crippen LogP contribution in [0.3, 0.4) is 0 Å². The lowest BCUT2D eigenvalue weighted by atomic mass is 10.0. The third-order valence-electron chi connectivity index (χ3n) is 8.78. The summed E-state index contributed by atoms with van der Waals surface area (Å²) in [5.74, 6) is -1.22. The molecule has 0 bridgehead atoms. The second kappa shape index (κ2) is 34.3. The van der Waals surface area contributed by atoms with E-state index >= 15 is 0 Å². The summed E-state index contributed by atoms with van der Waals surface area (Å²) < 4.78 is 6.00. The number of rotatable bonds is 35. The van der Waals surface area contributed by atoms with Gasteiger partial charge in [0, 0.05) is 12.8 Å². The number of hydrogen-bond acceptors (Lipinski definition) is 4. The minimum absolute atomic E-state index is 0.0131. The summed E-state index contributed by atoms with van der Waals surface area (Å²) in [6, 6.07) is 0. The lowest BCUT2D eigenvalue weighted by Crippen LogP contribution is -2.28. The van der Waals surface area contributed by atoms with Gasteiger partial charge in [0.15, 0.2) is 0 Å². The second-order valence-corrected chi connectivity index (χ2v) is 13.2. The fraction of sp³-hybridized carbons (Fsp3) is 0.921. The first-order valence-corrected chi connectivity index (χ1v) is 19.2. The fourth-order valence-electron chi connectivity index (χ4n) is 5.93. The van der Waals surface area contributed by atoms with E-state index in [-0.39, 0.29) is 24.5 Å². The van der Waals surface area contributed by atoms with Gasteiger partial charge in [-0.05, 0) is 38.5 Å². The van der Waals surface area contributed by atoms with Gasteiger partial charge in [0.05, 0.1) is 0 Å². The molecule has 0 aliphatic heterocycles. The first-order valence-electron chi connectivity index (χ1n) is 19.2. The van der Waals surface area contributed by atoms with Gasteiger partial charge < -0.3 is 15.2 Å². The molecule has 0 spiro atoms. The molecular formula is C38H73NO5. The predicted molar refractivity (Wildman–Crippen MR) is 185 cm³/mol. The van der Waals surface area contributed by atoms with Crippen LogP contribution >= 0.6 is 0 Å². The average Bonchev–Trinajstić information content (AvgIpc) is 3.00. The summed E-state index contributed by atoms with van der Waals surface area (Å²) in [7, 11) is 0. The van der Waals surface area contributed by atoms with Gasteiger partial charge in [0.2, 0.25) is 5.91 Å². The molecule has 0 saturated carbocycles. The normalized spacial score (nSPS) is 11.9. The number of carboxylic acid groups (broad SMARTS) is 1. The van der Waals surface area contributed by atoms with Crippen LogP contribution in [-0.4, -0.2) is 35.6 Å². The molecule has 0 rings (SSSR count). The number of carbonyl (C=O) groups is 3. The maximum Gasteiger partial charge on any atom is 0.322 e. The summed E-state index contributed by atoms with van der Waals surface area (Å²) in [6.07, 6.45) is 36.4. The lowest BCUT2D eigenvalue weighted by molar-refractivity contribution is -0.150. The molecule has 0 saturated heterocycles. The highest BCUT2D eigenvalue weighted by molar-refractivity contribution is 5.80. The Morgan fingerprint density at radius 3 is 1.23 bits per heavy atom. The summed E-state index contributed by atoms with van der Waals surface area (Å²) in [5, 5.41) is 11.1. The molecule has 0 radical (unpaired) electrons. The van der Waals surface area contributed by atoms with Gasteiger partial charge >= 0.3 is 11.9 Å². The predicted octanol–water partition coefficient (Wildman–Crippen LogP) is 11.2. The minimum Gasteiger partial charge on any atom is -0.480 e. The topological polar surface area (TPSA) is 92.7 Å². The molecule has 0 aromatic rings. The number of unbranched alkanes of at least 4 members (excludes halogenated alkanes) is 24. The first-order chi connectivity index (χ1) is 21.5. The number of amides is 1. The number of aliphatic carboxylic acids is 1. The Balaban J connectivity index is 4.15. The Morgan fingerprint density at radius 2 is 0.841 bits per heavy atom. The van der Waals surface area contributed by atoms with Gasteiger partial charge in [-0.25, -0.2) is 0 Å². The van der Waals surface area contributed by atoms with Crippen LogP contribution in [0.1, 0.15) is 213 Å². The highest BCUT2D eigenvalue weighted by Crippen LogP contribution is 2.19. The van der Waals surface area contributed by atoms with Crippen molar-refractivity contribution in [2.24, 2.45) is 0 Å². The number of nitrogens with one attached hydrogen (secondary N) is 1. The van der Waals surface area contributed by atoms with E-state index in [1.54, 1.807) is 0 Å². The van der Waals surface area contributed by atoms with Crippen molar-refractivity contribution in [3.05, 3.63) is 0 Å². The van der Waals surface area contributed by atoms with Crippen LogP contribution in [-0.2, 0) is 19.1 Å². The van der Waals surface area contributed by atoms with E-state index in [1.807, 2.05) is 0 Å². The third kappa shape index (κ3) is 33.3. The average molecular weight is 624 g/mol. The molecule has 0 fully saturated rings. The Bertz CT molecular complexity index is 653. The molecule has 0 aromatic carbocycles. The van der Waals surface area contributed by atoms with E-state index in [0.717, 1.165) is 64.2 Å². The van der Waals surface area contributed by atoms with Crippen molar-refractivity contribution in [2.45, 2.75) is 219 Å². The molecule has 1 unspecified atom stereocenters. The van der Waals surface area contributed by atoms with Crippen molar-refractivity contribution >= 4 is 17.8 Å². The molecule has 2 N–H and O–H groups in total. The van der Waals surface area contributed by atoms with Crippen LogP contribution in [0.25, 0.3) is 0 Å². The van der Waals surface area contributed by atoms with Crippen molar-refractivity contribution in [1.82, 2.24) is 5.32 Å². The molecule has 1 atom stereocenters. The zero-order chi connectivity index (χ0) is 32.4. The third-order valence-corrected chi connectivity index (χ3v) is 8.78. The zero-order valence-electron chi connectivity index (χ0n) is 29.3. The van der Waals surface area contributed by atoms with Gasteiger partial charge in [-0.2, -0.15) is 0 Å². The second-order valence-electron chi connectivity index (χ2n) is 13.2. The van der Waals surface area contributed by atoms with Crippen molar-refractivity contribution < 1.29 is 24.2 Å². The van der Waals surface area contributed by atoms with Crippen LogP contribution in [0.15, 0.2) is 0 Å². The van der Waals surface area contributed by atoms with Crippen molar-refractivity contribution in [2.75, 3.05) is 6.54 Å². The summed E-state index contributed by atoms with van der Waals surface area (Å²) in [6.45, 7) is 4.22. The Morgan fingerprint density at radius 1 is 0.500 bits per heavy atom. The smallest absolute Gasteiger partial charge is 0.322 e. The number of esters is 1. The van der Waals surface area contributed by atoms with Gasteiger partial charge in [-0.1, -0.05) is 162 Å². The molecule has 44 heavy (non-hydrogen) atoms. The quantitative estimate of drug-likeness (QED) is 0.0541. The van der Waals surface area contributed by atoms with Crippen LogP contribution in [0.2, 0.25) is 0 Å². The van der Waals surface area contributed by atoms with Crippen LogP contribution < -0.4 is 5.32 Å². The van der Waals surface area contributed by atoms with Crippen LogP contribution in [0, 0.1) is 0 Å². The SMILES string of the molecule is CCCCCCCCCCCCCCC(CCCCCCCC(=O)NCC(=O)O)OC(=O)CCCCCCCCCCCC. The Hall–Kier alpha value is -1.59. The molecule has 260 valence electrons. The largest absolute Gasteiger partial charge is 0.480 e. The monoisotopic (exact) mass is 624 g/mol. The highest BCUT2D eigenvalue weighted by Gasteiger charge is 2.14. The lowest BCUT2D eigenvalue weighted by Gasteiger charge is -2.18. The standard InChI is InChI=1S/C38H73NO5/c1-3-5-7-9-11-13-15-16-17-19-22-26-30-35(31-27-23-21-24-28-32-36(40)39-34-37(41)42)44-38(43)33-29-25-20-18-14-12-10-8-6-4-2/h35H,3-34H2,1-2H3,(H,39,40)(H,41,42). The maximum atomic E-state index is 12.6. The van der Waals surface area contributed by atoms with Gasteiger partial charge in [-0.3, -0.25) is 14.4 Å². The van der Waals surface area contributed by atoms with Crippen LogP contribution in [0.4, 0.5) is 0 Å². The van der Waals surface area contributed by atoms with Crippen molar-refractivity contribution in [1.29, 1.82) is 0 Å². The molecule has 0 heterocycles. The molecule has 0 aliphatic carbocycles.